The average Bonchev–Trinajstić information content (AvgIpc) is 2.95. The van der Waals surface area contributed by atoms with Gasteiger partial charge in [0, 0.05) is 18.6 Å². The largest absolute Gasteiger partial charge is 0.507 e. The molecule has 0 aliphatic heterocycles. The summed E-state index contributed by atoms with van der Waals surface area (Å²) in [5, 5.41) is 43.7. The number of amides is 2. The van der Waals surface area contributed by atoms with E-state index in [-0.39, 0.29) is 61.5 Å². The van der Waals surface area contributed by atoms with Crippen LogP contribution >= 0.6 is 0 Å². The van der Waals surface area contributed by atoms with E-state index in [2.05, 4.69) is 5.32 Å². The second kappa shape index (κ2) is 14.2. The van der Waals surface area contributed by atoms with Gasteiger partial charge in [-0.2, -0.15) is 0 Å². The van der Waals surface area contributed by atoms with Crippen LogP contribution in [0.25, 0.3) is 11.1 Å². The fourth-order valence-electron chi connectivity index (χ4n) is 5.48. The average molecular weight is 585 g/mol. The third kappa shape index (κ3) is 7.38. The van der Waals surface area contributed by atoms with Crippen molar-refractivity contribution in [2.24, 2.45) is 17.6 Å². The molecule has 0 heterocycles. The number of fused-ring (bicyclic) bond motifs is 1. The molecule has 12 heteroatoms. The van der Waals surface area contributed by atoms with Crippen molar-refractivity contribution in [3.8, 4) is 16.9 Å². The molecule has 0 fully saturated rings. The van der Waals surface area contributed by atoms with Gasteiger partial charge >= 0.3 is 5.97 Å². The Bertz CT molecular complexity index is 1360. The van der Waals surface area contributed by atoms with Crippen molar-refractivity contribution in [3.63, 3.8) is 0 Å². The fraction of sp³-hybridized carbons (Fsp3) is 0.433. The van der Waals surface area contributed by atoms with Crippen molar-refractivity contribution in [2.45, 2.75) is 44.6 Å². The molecule has 7 N–H and O–H groups in total. The lowest BCUT2D eigenvalue weighted by molar-refractivity contribution is -0.153. The van der Waals surface area contributed by atoms with Crippen LogP contribution in [0, 0.1) is 11.8 Å². The lowest BCUT2D eigenvalue weighted by Gasteiger charge is -2.36. The van der Waals surface area contributed by atoms with Gasteiger partial charge in [-0.25, -0.2) is 0 Å². The first kappa shape index (κ1) is 32.4. The van der Waals surface area contributed by atoms with Crippen LogP contribution in [0.15, 0.2) is 36.4 Å². The summed E-state index contributed by atoms with van der Waals surface area (Å²) in [5.41, 5.74) is 4.78. The normalized spacial score (nSPS) is 16.6. The molecule has 0 radical (unpaired) electrons. The molecule has 2 unspecified atom stereocenters. The predicted molar refractivity (Wildman–Crippen MR) is 149 cm³/mol. The molecule has 1 aliphatic rings. The standard InChI is InChI=1S/C30H36N2O10/c1-2-42-27(39)15-32-29(40)19-5-3-4-18(13-19)21-6-7-23(35)28-22(21)11-17(12-24(28)36)10-20(8-9-33)30(41,16-34)25(37)14-26(31)38/h3-7,13,17,20,33-35,41H,2,8-12,14-16H2,1H3,(H2,31,38)(H,32,40)/t17?,20?,30-/m1/s1. The zero-order valence-corrected chi connectivity index (χ0v) is 23.3. The van der Waals surface area contributed by atoms with E-state index in [1.54, 1.807) is 37.3 Å². The molecule has 0 spiro atoms. The van der Waals surface area contributed by atoms with E-state index in [1.165, 1.54) is 6.07 Å². The molecule has 1 aliphatic carbocycles. The molecule has 2 aromatic rings. The third-order valence-corrected chi connectivity index (χ3v) is 7.50. The van der Waals surface area contributed by atoms with Gasteiger partial charge in [0.1, 0.15) is 17.9 Å². The van der Waals surface area contributed by atoms with Gasteiger partial charge < -0.3 is 36.2 Å². The summed E-state index contributed by atoms with van der Waals surface area (Å²) >= 11 is 0. The number of hydrogen-bond acceptors (Lipinski definition) is 10. The summed E-state index contributed by atoms with van der Waals surface area (Å²) < 4.78 is 4.82. The number of Topliss-reactive ketones (excluding diaryl/α,β-unsaturated/α-hetero) is 2. The quantitative estimate of drug-likeness (QED) is 0.135. The SMILES string of the molecule is CCOC(=O)CNC(=O)c1cccc(-c2ccc(O)c3c2CC(CC(CCO)[C@](O)(CO)C(=O)CC(N)=O)CC3=O)c1. The van der Waals surface area contributed by atoms with Gasteiger partial charge in [0.25, 0.3) is 5.91 Å². The second-order valence-corrected chi connectivity index (χ2v) is 10.3. The Morgan fingerprint density at radius 1 is 1.14 bits per heavy atom. The minimum atomic E-state index is -2.35. The molecule has 226 valence electrons. The Hall–Kier alpha value is -4.13. The van der Waals surface area contributed by atoms with Gasteiger partial charge in [0.15, 0.2) is 11.6 Å². The second-order valence-electron chi connectivity index (χ2n) is 10.3. The number of phenolic OH excluding ortho intramolecular Hbond substituents is 1. The molecule has 0 aromatic heterocycles. The maximum absolute atomic E-state index is 13.3. The van der Waals surface area contributed by atoms with Crippen LogP contribution in [0.4, 0.5) is 0 Å². The first-order valence-corrected chi connectivity index (χ1v) is 13.6. The van der Waals surface area contributed by atoms with Crippen LogP contribution in [-0.2, 0) is 25.5 Å². The van der Waals surface area contributed by atoms with E-state index in [9.17, 15) is 44.4 Å². The molecular formula is C30H36N2O10. The summed E-state index contributed by atoms with van der Waals surface area (Å²) in [6.07, 6.45) is -0.647. The zero-order chi connectivity index (χ0) is 31.0. The number of ketones is 2. The number of aromatic hydroxyl groups is 1. The number of nitrogens with one attached hydrogen (secondary N) is 1. The van der Waals surface area contributed by atoms with E-state index >= 15 is 0 Å². The lowest BCUT2D eigenvalue weighted by Crippen LogP contribution is -2.51. The molecule has 2 aromatic carbocycles. The van der Waals surface area contributed by atoms with Crippen LogP contribution in [0.1, 0.15) is 58.9 Å². The third-order valence-electron chi connectivity index (χ3n) is 7.50. The van der Waals surface area contributed by atoms with Gasteiger partial charge in [-0.3, -0.25) is 24.0 Å². The summed E-state index contributed by atoms with van der Waals surface area (Å²) in [5.74, 6) is -5.09. The van der Waals surface area contributed by atoms with Crippen molar-refractivity contribution >= 4 is 29.4 Å². The molecule has 3 rings (SSSR count). The summed E-state index contributed by atoms with van der Waals surface area (Å²) in [4.78, 5) is 61.6. The van der Waals surface area contributed by atoms with E-state index in [0.717, 1.165) is 0 Å². The number of primary amides is 1. The molecule has 42 heavy (non-hydrogen) atoms. The predicted octanol–water partition coefficient (Wildman–Crippen LogP) is 0.654. The van der Waals surface area contributed by atoms with Gasteiger partial charge in [-0.15, -0.1) is 0 Å². The van der Waals surface area contributed by atoms with E-state index in [4.69, 9.17) is 10.5 Å². The van der Waals surface area contributed by atoms with E-state index in [0.29, 0.717) is 16.7 Å². The monoisotopic (exact) mass is 584 g/mol. The molecular weight excluding hydrogens is 548 g/mol. The summed E-state index contributed by atoms with van der Waals surface area (Å²) in [7, 11) is 0. The van der Waals surface area contributed by atoms with Gasteiger partial charge in [0.05, 0.1) is 25.2 Å². The number of benzene rings is 2. The highest BCUT2D eigenvalue weighted by atomic mass is 16.5. The first-order valence-electron chi connectivity index (χ1n) is 13.6. The van der Waals surface area contributed by atoms with Gasteiger partial charge in [0.2, 0.25) is 5.91 Å². The van der Waals surface area contributed by atoms with Crippen molar-refractivity contribution in [1.29, 1.82) is 0 Å². The smallest absolute Gasteiger partial charge is 0.325 e. The van der Waals surface area contributed by atoms with Crippen LogP contribution in [-0.4, -0.2) is 81.7 Å². The minimum Gasteiger partial charge on any atom is -0.507 e. The molecule has 12 nitrogen and oxygen atoms in total. The number of aliphatic hydroxyl groups is 3. The van der Waals surface area contributed by atoms with Crippen LogP contribution in [0.3, 0.4) is 0 Å². The van der Waals surface area contributed by atoms with Crippen molar-refractivity contribution in [2.75, 3.05) is 26.4 Å². The number of rotatable bonds is 14. The Kier molecular flexibility index (Phi) is 10.9. The molecule has 0 bridgehead atoms. The van der Waals surface area contributed by atoms with Crippen molar-refractivity contribution in [1.82, 2.24) is 5.32 Å². The number of carbonyl (C=O) groups excluding carboxylic acids is 5. The molecule has 0 saturated carbocycles. The van der Waals surface area contributed by atoms with Crippen LogP contribution in [0.5, 0.6) is 5.75 Å². The van der Waals surface area contributed by atoms with Gasteiger partial charge in [-0.1, -0.05) is 18.2 Å². The number of aliphatic hydroxyl groups excluding tert-OH is 2. The Morgan fingerprint density at radius 2 is 1.88 bits per heavy atom. The fourth-order valence-corrected chi connectivity index (χ4v) is 5.48. The number of hydrogen-bond donors (Lipinski definition) is 6. The first-order chi connectivity index (χ1) is 19.9. The summed E-state index contributed by atoms with van der Waals surface area (Å²) in [6, 6.07) is 9.52. The number of phenols is 1. The summed E-state index contributed by atoms with van der Waals surface area (Å²) in [6.45, 7) is 0.0989. The molecule has 2 amide bonds. The van der Waals surface area contributed by atoms with Crippen LogP contribution in [0.2, 0.25) is 0 Å². The molecule has 3 atom stereocenters. The molecule has 0 saturated heterocycles. The lowest BCUT2D eigenvalue weighted by atomic mass is 9.71. The maximum Gasteiger partial charge on any atom is 0.325 e. The maximum atomic E-state index is 13.3. The number of ether oxygens (including phenoxy) is 1. The number of carbonyl (C=O) groups is 5. The highest BCUT2D eigenvalue weighted by molar-refractivity contribution is 6.04. The van der Waals surface area contributed by atoms with Crippen molar-refractivity contribution < 1.29 is 49.1 Å². The van der Waals surface area contributed by atoms with E-state index in [1.807, 2.05) is 0 Å². The highest BCUT2D eigenvalue weighted by Crippen LogP contribution is 2.41. The highest BCUT2D eigenvalue weighted by Gasteiger charge is 2.45. The Labute approximate surface area is 242 Å². The Balaban J connectivity index is 1.93. The van der Waals surface area contributed by atoms with Crippen molar-refractivity contribution in [3.05, 3.63) is 53.1 Å². The van der Waals surface area contributed by atoms with Crippen LogP contribution < -0.4 is 11.1 Å². The topological polar surface area (TPSA) is 214 Å². The zero-order valence-electron chi connectivity index (χ0n) is 23.3. The Morgan fingerprint density at radius 3 is 2.52 bits per heavy atom. The minimum absolute atomic E-state index is 0.0340. The number of nitrogens with two attached hydrogens (primary N) is 1. The number of esters is 1. The van der Waals surface area contributed by atoms with Gasteiger partial charge in [-0.05, 0) is 72.9 Å². The van der Waals surface area contributed by atoms with E-state index < -0.39 is 60.6 Å².